The van der Waals surface area contributed by atoms with Crippen molar-refractivity contribution in [1.82, 2.24) is 29.4 Å². The molecular weight excluding hydrogens is 503 g/mol. The van der Waals surface area contributed by atoms with E-state index in [1.54, 1.807) is 11.0 Å². The van der Waals surface area contributed by atoms with E-state index in [1.807, 2.05) is 33.9 Å². The number of aryl methyl sites for hydroxylation is 1. The Morgan fingerprint density at radius 1 is 1.12 bits per heavy atom. The molecule has 40 heavy (non-hydrogen) atoms. The van der Waals surface area contributed by atoms with E-state index >= 15 is 0 Å². The van der Waals surface area contributed by atoms with Crippen LogP contribution in [0, 0.1) is 18.7 Å². The van der Waals surface area contributed by atoms with Crippen LogP contribution < -0.4 is 5.32 Å². The number of nitrogens with zero attached hydrogens (tertiary/aromatic N) is 5. The fraction of sp³-hybridized carbons (Fsp3) is 0.562. The highest BCUT2D eigenvalue weighted by molar-refractivity contribution is 6.03. The highest BCUT2D eigenvalue weighted by Crippen LogP contribution is 2.37. The van der Waals surface area contributed by atoms with Gasteiger partial charge in [0.15, 0.2) is 0 Å². The van der Waals surface area contributed by atoms with Crippen LogP contribution in [0.25, 0.3) is 16.6 Å². The molecule has 8 heteroatoms. The second kappa shape index (κ2) is 12.0. The summed E-state index contributed by atoms with van der Waals surface area (Å²) in [5, 5.41) is 3.46. The van der Waals surface area contributed by atoms with Crippen LogP contribution in [0.4, 0.5) is 4.39 Å². The third kappa shape index (κ3) is 5.67. The number of hydrogen-bond acceptors (Lipinski definition) is 5. The average molecular weight is 549 g/mol. The van der Waals surface area contributed by atoms with Crippen molar-refractivity contribution in [3.8, 4) is 11.1 Å². The minimum absolute atomic E-state index is 0.0215. The number of pyridine rings is 1. The fourth-order valence-electron chi connectivity index (χ4n) is 6.41. The van der Waals surface area contributed by atoms with Crippen molar-refractivity contribution in [3.63, 3.8) is 0 Å². The van der Waals surface area contributed by atoms with Gasteiger partial charge in [-0.25, -0.2) is 9.37 Å². The molecule has 1 aromatic carbocycles. The van der Waals surface area contributed by atoms with Gasteiger partial charge in [0.2, 0.25) is 0 Å². The number of hydrogen-bond donors (Lipinski definition) is 1. The van der Waals surface area contributed by atoms with E-state index in [1.165, 1.54) is 17.7 Å². The minimum atomic E-state index is -0.400. The number of aromatic nitrogens is 2. The molecule has 0 saturated carbocycles. The maximum absolute atomic E-state index is 14.5. The first-order valence-electron chi connectivity index (χ1n) is 14.9. The Hall–Kier alpha value is -2.81. The van der Waals surface area contributed by atoms with Gasteiger partial charge in [-0.1, -0.05) is 19.9 Å². The summed E-state index contributed by atoms with van der Waals surface area (Å²) in [7, 11) is 0. The zero-order valence-electron chi connectivity index (χ0n) is 25.0. The normalized spacial score (nSPS) is 18.0. The van der Waals surface area contributed by atoms with Gasteiger partial charge >= 0.3 is 0 Å². The quantitative estimate of drug-likeness (QED) is 0.422. The molecule has 2 fully saturated rings. The smallest absolute Gasteiger partial charge is 0.254 e. The topological polar surface area (TPSA) is 56.1 Å². The summed E-state index contributed by atoms with van der Waals surface area (Å²) in [5.74, 6) is 1.34. The first kappa shape index (κ1) is 28.7. The molecule has 0 spiro atoms. The number of likely N-dealkylation sites (tertiary alicyclic amines) is 1. The Bertz CT molecular complexity index is 1340. The third-order valence-corrected chi connectivity index (χ3v) is 8.85. The maximum atomic E-state index is 14.5. The monoisotopic (exact) mass is 548 g/mol. The zero-order valence-corrected chi connectivity index (χ0v) is 25.0. The number of imidazole rings is 1. The predicted molar refractivity (Wildman–Crippen MR) is 159 cm³/mol. The molecule has 1 amide bonds. The van der Waals surface area contributed by atoms with Crippen molar-refractivity contribution < 1.29 is 9.18 Å². The molecule has 3 aromatic rings. The lowest BCUT2D eigenvalue weighted by atomic mass is 9.86. The highest BCUT2D eigenvalue weighted by atomic mass is 19.1. The lowest BCUT2D eigenvalue weighted by Crippen LogP contribution is -2.58. The van der Waals surface area contributed by atoms with E-state index in [0.717, 1.165) is 68.3 Å². The number of rotatable bonds is 9. The van der Waals surface area contributed by atoms with Gasteiger partial charge in [-0.3, -0.25) is 14.6 Å². The van der Waals surface area contributed by atoms with Gasteiger partial charge in [0.1, 0.15) is 11.6 Å². The predicted octanol–water partition coefficient (Wildman–Crippen LogP) is 4.65. The van der Waals surface area contributed by atoms with Crippen LogP contribution in [0.5, 0.6) is 0 Å². The Labute approximate surface area is 238 Å². The SMILES string of the molecule is CCN(C(=O)c1cc(F)ccc1-c1cc(C2CN([C@H](CN3CCNCC3)C(C)C)C2)cn2c(C)ncc12)C(C)C. The standard InChI is InChI=1S/C32H45FN6O/c1-7-38(22(4)5)32(40)29-15-26(33)8-9-27(29)28-14-24(19-39-23(6)35-16-30(28)39)25-17-37(18-25)31(21(2)3)20-36-12-10-34-11-13-36/h8-9,14-16,19,21-22,25,31,34H,7,10-13,17-18,20H2,1-6H3/t31-/m1/s1. The summed E-state index contributed by atoms with van der Waals surface area (Å²) < 4.78 is 16.7. The molecule has 0 unspecified atom stereocenters. The van der Waals surface area contributed by atoms with Gasteiger partial charge in [0, 0.05) is 82.1 Å². The van der Waals surface area contributed by atoms with Crippen LogP contribution in [-0.2, 0) is 0 Å². The van der Waals surface area contributed by atoms with E-state index in [0.29, 0.717) is 30.0 Å². The van der Waals surface area contributed by atoms with Gasteiger partial charge < -0.3 is 14.6 Å². The van der Waals surface area contributed by atoms with Gasteiger partial charge in [-0.05, 0) is 62.9 Å². The molecule has 1 atom stereocenters. The van der Waals surface area contributed by atoms with Crippen LogP contribution in [0.15, 0.2) is 36.7 Å². The molecule has 0 radical (unpaired) electrons. The Morgan fingerprint density at radius 3 is 2.50 bits per heavy atom. The number of benzene rings is 1. The largest absolute Gasteiger partial charge is 0.336 e. The number of fused-ring (bicyclic) bond motifs is 1. The molecule has 216 valence electrons. The first-order chi connectivity index (χ1) is 19.2. The van der Waals surface area contributed by atoms with E-state index < -0.39 is 5.82 Å². The summed E-state index contributed by atoms with van der Waals surface area (Å²) in [5.41, 5.74) is 4.26. The molecule has 1 N–H and O–H groups in total. The van der Waals surface area contributed by atoms with Crippen molar-refractivity contribution in [3.05, 3.63) is 59.4 Å². The third-order valence-electron chi connectivity index (χ3n) is 8.85. The van der Waals surface area contributed by atoms with E-state index in [2.05, 4.69) is 50.6 Å². The van der Waals surface area contributed by atoms with Crippen molar-refractivity contribution in [2.75, 3.05) is 52.4 Å². The van der Waals surface area contributed by atoms with Crippen molar-refractivity contribution in [2.24, 2.45) is 5.92 Å². The lowest BCUT2D eigenvalue weighted by Gasteiger charge is -2.48. The second-order valence-corrected chi connectivity index (χ2v) is 12.1. The Balaban J connectivity index is 1.47. The van der Waals surface area contributed by atoms with Crippen LogP contribution >= 0.6 is 0 Å². The number of nitrogens with one attached hydrogen (secondary N) is 1. The molecular formula is C32H45FN6O. The number of piperazine rings is 1. The molecule has 7 nitrogen and oxygen atoms in total. The second-order valence-electron chi connectivity index (χ2n) is 12.1. The van der Waals surface area contributed by atoms with Gasteiger partial charge in [0.25, 0.3) is 5.91 Å². The first-order valence-corrected chi connectivity index (χ1v) is 14.9. The minimum Gasteiger partial charge on any atom is -0.336 e. The molecule has 2 saturated heterocycles. The van der Waals surface area contributed by atoms with Gasteiger partial charge in [-0.15, -0.1) is 0 Å². The molecule has 0 aliphatic carbocycles. The Kier molecular flexibility index (Phi) is 8.59. The van der Waals surface area contributed by atoms with Crippen molar-refractivity contribution in [2.45, 2.75) is 59.5 Å². The van der Waals surface area contributed by atoms with Crippen molar-refractivity contribution in [1.29, 1.82) is 0 Å². The number of amides is 1. The molecule has 2 aliphatic rings. The summed E-state index contributed by atoms with van der Waals surface area (Å²) in [4.78, 5) is 25.3. The maximum Gasteiger partial charge on any atom is 0.254 e. The van der Waals surface area contributed by atoms with Gasteiger partial charge in [-0.2, -0.15) is 0 Å². The molecule has 0 bridgehead atoms. The summed E-state index contributed by atoms with van der Waals surface area (Å²) >= 11 is 0. The van der Waals surface area contributed by atoms with Crippen LogP contribution in [0.2, 0.25) is 0 Å². The summed E-state index contributed by atoms with van der Waals surface area (Å²) in [6, 6.07) is 7.38. The molecule has 2 aromatic heterocycles. The van der Waals surface area contributed by atoms with E-state index in [4.69, 9.17) is 0 Å². The highest BCUT2D eigenvalue weighted by Gasteiger charge is 2.36. The van der Waals surface area contributed by atoms with Crippen LogP contribution in [0.3, 0.4) is 0 Å². The van der Waals surface area contributed by atoms with Crippen molar-refractivity contribution >= 4 is 11.4 Å². The Morgan fingerprint density at radius 2 is 1.85 bits per heavy atom. The summed E-state index contributed by atoms with van der Waals surface area (Å²) in [6.45, 7) is 20.7. The van der Waals surface area contributed by atoms with Crippen LogP contribution in [0.1, 0.15) is 62.3 Å². The van der Waals surface area contributed by atoms with Crippen LogP contribution in [-0.4, -0.2) is 94.4 Å². The number of halogens is 1. The van der Waals surface area contributed by atoms with Gasteiger partial charge in [0.05, 0.1) is 17.3 Å². The lowest BCUT2D eigenvalue weighted by molar-refractivity contribution is 0.0377. The molecule has 5 rings (SSSR count). The zero-order chi connectivity index (χ0) is 28.6. The molecule has 4 heterocycles. The van der Waals surface area contributed by atoms with E-state index in [9.17, 15) is 9.18 Å². The average Bonchev–Trinajstić information content (AvgIpc) is 3.28. The molecule has 2 aliphatic heterocycles. The van der Waals surface area contributed by atoms with E-state index in [-0.39, 0.29) is 11.9 Å². The summed E-state index contributed by atoms with van der Waals surface area (Å²) in [6.07, 6.45) is 4.07. The fourth-order valence-corrected chi connectivity index (χ4v) is 6.41. The number of carbonyl (C=O) groups excluding carboxylic acids is 1. The number of carbonyl (C=O) groups is 1.